The molecule has 1 heterocycles. The first-order valence-corrected chi connectivity index (χ1v) is 11.1. The van der Waals surface area contributed by atoms with Gasteiger partial charge in [-0.3, -0.25) is 9.10 Å². The summed E-state index contributed by atoms with van der Waals surface area (Å²) in [5.41, 5.74) is 3.24. The highest BCUT2D eigenvalue weighted by molar-refractivity contribution is 7.92. The quantitative estimate of drug-likeness (QED) is 0.807. The van der Waals surface area contributed by atoms with Crippen molar-refractivity contribution in [2.24, 2.45) is 0 Å². The van der Waals surface area contributed by atoms with Gasteiger partial charge < -0.3 is 10.2 Å². The predicted octanol–water partition coefficient (Wildman–Crippen LogP) is 2.43. The van der Waals surface area contributed by atoms with Crippen LogP contribution in [0.15, 0.2) is 48.5 Å². The number of hydrogen-bond donors (Lipinski definition) is 1. The SMILES string of the molecule is CC1Cc2cc(C(=O)NCC(c3ccccc3)N(C)C)ccc2N1S(C)(=O)=O. The zero-order valence-corrected chi connectivity index (χ0v) is 17.5. The highest BCUT2D eigenvalue weighted by atomic mass is 32.2. The summed E-state index contributed by atoms with van der Waals surface area (Å²) in [4.78, 5) is 14.8. The summed E-state index contributed by atoms with van der Waals surface area (Å²) in [7, 11) is 0.640. The number of likely N-dealkylation sites (N-methyl/N-ethyl adjacent to an activating group) is 1. The number of carbonyl (C=O) groups excluding carboxylic acids is 1. The van der Waals surface area contributed by atoms with Crippen molar-refractivity contribution in [2.45, 2.75) is 25.4 Å². The van der Waals surface area contributed by atoms with E-state index in [0.29, 0.717) is 24.2 Å². The summed E-state index contributed by atoms with van der Waals surface area (Å²) in [6, 6.07) is 15.2. The molecule has 7 heteroatoms. The van der Waals surface area contributed by atoms with Crippen molar-refractivity contribution in [1.82, 2.24) is 10.2 Å². The lowest BCUT2D eigenvalue weighted by molar-refractivity contribution is 0.0942. The number of hydrogen-bond acceptors (Lipinski definition) is 4. The summed E-state index contributed by atoms with van der Waals surface area (Å²) in [5, 5.41) is 3.01. The second-order valence-electron chi connectivity index (χ2n) is 7.56. The van der Waals surface area contributed by atoms with Crippen LogP contribution >= 0.6 is 0 Å². The van der Waals surface area contributed by atoms with E-state index in [1.165, 1.54) is 10.6 Å². The lowest BCUT2D eigenvalue weighted by atomic mass is 10.0. The second-order valence-corrected chi connectivity index (χ2v) is 9.42. The van der Waals surface area contributed by atoms with Crippen LogP contribution < -0.4 is 9.62 Å². The number of amides is 1. The summed E-state index contributed by atoms with van der Waals surface area (Å²) >= 11 is 0. The standard InChI is InChI=1S/C21H27N3O3S/c1-15-12-18-13-17(10-11-19(18)24(15)28(4,26)27)21(25)22-14-20(23(2)3)16-8-6-5-7-9-16/h5-11,13,15,20H,12,14H2,1-4H3,(H,22,25). The van der Waals surface area contributed by atoms with Gasteiger partial charge in [-0.05, 0) is 56.8 Å². The highest BCUT2D eigenvalue weighted by Gasteiger charge is 2.32. The van der Waals surface area contributed by atoms with Gasteiger partial charge in [-0.1, -0.05) is 30.3 Å². The van der Waals surface area contributed by atoms with Gasteiger partial charge in [0.05, 0.1) is 18.0 Å². The van der Waals surface area contributed by atoms with Gasteiger partial charge in [-0.15, -0.1) is 0 Å². The number of benzene rings is 2. The molecule has 2 unspecified atom stereocenters. The van der Waals surface area contributed by atoms with E-state index < -0.39 is 10.0 Å². The van der Waals surface area contributed by atoms with E-state index >= 15 is 0 Å². The Morgan fingerprint density at radius 3 is 2.50 bits per heavy atom. The molecule has 0 aliphatic carbocycles. The molecule has 0 spiro atoms. The van der Waals surface area contributed by atoms with E-state index in [2.05, 4.69) is 10.2 Å². The van der Waals surface area contributed by atoms with Crippen molar-refractivity contribution in [3.63, 3.8) is 0 Å². The molecule has 0 bridgehead atoms. The van der Waals surface area contributed by atoms with Crippen molar-refractivity contribution in [3.8, 4) is 0 Å². The van der Waals surface area contributed by atoms with E-state index in [1.54, 1.807) is 18.2 Å². The molecule has 1 amide bonds. The monoisotopic (exact) mass is 401 g/mol. The molecule has 2 aromatic rings. The van der Waals surface area contributed by atoms with Crippen molar-refractivity contribution in [2.75, 3.05) is 31.2 Å². The molecule has 0 saturated heterocycles. The molecule has 1 aliphatic rings. The minimum absolute atomic E-state index is 0.0697. The van der Waals surface area contributed by atoms with E-state index in [0.717, 1.165) is 11.1 Å². The van der Waals surface area contributed by atoms with Gasteiger partial charge in [0, 0.05) is 18.2 Å². The maximum Gasteiger partial charge on any atom is 0.251 e. The summed E-state index contributed by atoms with van der Waals surface area (Å²) in [6.07, 6.45) is 1.82. The minimum atomic E-state index is -3.33. The van der Waals surface area contributed by atoms with Crippen LogP contribution in [0.2, 0.25) is 0 Å². The molecule has 1 aliphatic heterocycles. The van der Waals surface area contributed by atoms with Gasteiger partial charge in [-0.2, -0.15) is 0 Å². The molecule has 6 nitrogen and oxygen atoms in total. The van der Waals surface area contributed by atoms with Crippen LogP contribution in [0.1, 0.15) is 34.5 Å². The number of rotatable bonds is 6. The fourth-order valence-corrected chi connectivity index (χ4v) is 5.08. The van der Waals surface area contributed by atoms with Crippen LogP contribution in [0.25, 0.3) is 0 Å². The van der Waals surface area contributed by atoms with Gasteiger partial charge in [0.25, 0.3) is 5.91 Å². The Hall–Kier alpha value is -2.38. The largest absolute Gasteiger partial charge is 0.350 e. The van der Waals surface area contributed by atoms with E-state index in [4.69, 9.17) is 0 Å². The third-order valence-corrected chi connectivity index (χ3v) is 6.39. The molecule has 1 N–H and O–H groups in total. The second kappa shape index (κ2) is 7.93. The summed E-state index contributed by atoms with van der Waals surface area (Å²) in [6.45, 7) is 2.36. The maximum absolute atomic E-state index is 12.7. The van der Waals surface area contributed by atoms with E-state index in [-0.39, 0.29) is 18.0 Å². The Morgan fingerprint density at radius 2 is 1.89 bits per heavy atom. The highest BCUT2D eigenvalue weighted by Crippen LogP contribution is 2.34. The molecule has 3 rings (SSSR count). The van der Waals surface area contributed by atoms with Crippen LogP contribution in [-0.2, 0) is 16.4 Å². The summed E-state index contributed by atoms with van der Waals surface area (Å²) < 4.78 is 25.5. The topological polar surface area (TPSA) is 69.7 Å². The molecule has 2 atom stereocenters. The number of nitrogens with zero attached hydrogens (tertiary/aromatic N) is 2. The minimum Gasteiger partial charge on any atom is -0.350 e. The molecule has 0 fully saturated rings. The fraction of sp³-hybridized carbons (Fsp3) is 0.381. The average molecular weight is 402 g/mol. The van der Waals surface area contributed by atoms with Crippen molar-refractivity contribution in [3.05, 3.63) is 65.2 Å². The van der Waals surface area contributed by atoms with Crippen molar-refractivity contribution >= 4 is 21.6 Å². The van der Waals surface area contributed by atoms with Gasteiger partial charge in [0.1, 0.15) is 0 Å². The average Bonchev–Trinajstić information content (AvgIpc) is 2.97. The van der Waals surface area contributed by atoms with Gasteiger partial charge in [0.15, 0.2) is 0 Å². The molecular weight excluding hydrogens is 374 g/mol. The smallest absolute Gasteiger partial charge is 0.251 e. The van der Waals surface area contributed by atoms with Crippen LogP contribution in [-0.4, -0.2) is 52.2 Å². The first-order valence-electron chi connectivity index (χ1n) is 9.30. The van der Waals surface area contributed by atoms with Gasteiger partial charge in [0.2, 0.25) is 10.0 Å². The summed E-state index contributed by atoms with van der Waals surface area (Å²) in [5.74, 6) is -0.156. The van der Waals surface area contributed by atoms with Crippen LogP contribution in [0.4, 0.5) is 5.69 Å². The molecule has 150 valence electrons. The third kappa shape index (κ3) is 4.20. The first kappa shape index (κ1) is 20.4. The van der Waals surface area contributed by atoms with Crippen LogP contribution in [0.3, 0.4) is 0 Å². The molecule has 0 radical (unpaired) electrons. The molecule has 0 aromatic heterocycles. The Morgan fingerprint density at radius 1 is 1.21 bits per heavy atom. The van der Waals surface area contributed by atoms with E-state index in [1.807, 2.05) is 51.4 Å². The Kier molecular flexibility index (Phi) is 5.76. The lowest BCUT2D eigenvalue weighted by Gasteiger charge is -2.25. The Labute approximate surface area is 167 Å². The Bertz CT molecular complexity index is 958. The van der Waals surface area contributed by atoms with Gasteiger partial charge >= 0.3 is 0 Å². The zero-order chi connectivity index (χ0) is 20.5. The molecule has 0 saturated carbocycles. The number of carbonyl (C=O) groups is 1. The van der Waals surface area contributed by atoms with Crippen molar-refractivity contribution in [1.29, 1.82) is 0 Å². The third-order valence-electron chi connectivity index (χ3n) is 5.12. The zero-order valence-electron chi connectivity index (χ0n) is 16.7. The molecular formula is C21H27N3O3S. The predicted molar refractivity (Wildman–Crippen MR) is 112 cm³/mol. The Balaban J connectivity index is 1.75. The van der Waals surface area contributed by atoms with Crippen LogP contribution in [0.5, 0.6) is 0 Å². The normalized spacial score (nSPS) is 17.5. The van der Waals surface area contributed by atoms with E-state index in [9.17, 15) is 13.2 Å². The number of sulfonamides is 1. The first-order chi connectivity index (χ1) is 13.2. The number of fused-ring (bicyclic) bond motifs is 1. The maximum atomic E-state index is 12.7. The van der Waals surface area contributed by atoms with Crippen LogP contribution in [0, 0.1) is 0 Å². The molecule has 28 heavy (non-hydrogen) atoms. The van der Waals surface area contributed by atoms with Crippen molar-refractivity contribution < 1.29 is 13.2 Å². The lowest BCUT2D eigenvalue weighted by Crippen LogP contribution is -2.35. The fourth-order valence-electron chi connectivity index (χ4n) is 3.81. The number of nitrogens with one attached hydrogen (secondary N) is 1. The number of anilines is 1. The molecule has 2 aromatic carbocycles. The van der Waals surface area contributed by atoms with Gasteiger partial charge in [-0.25, -0.2) is 8.42 Å².